The van der Waals surface area contributed by atoms with Crippen LogP contribution in [0.4, 0.5) is 5.69 Å². The number of hydrogen-bond donors (Lipinski definition) is 2. The van der Waals surface area contributed by atoms with Gasteiger partial charge in [-0.1, -0.05) is 11.6 Å². The second-order valence-corrected chi connectivity index (χ2v) is 6.69. The van der Waals surface area contributed by atoms with Gasteiger partial charge >= 0.3 is 0 Å². The smallest absolute Gasteiger partial charge is 0.253 e. The molecule has 0 aliphatic heterocycles. The number of nitrogens with two attached hydrogens (primary N) is 1. The maximum Gasteiger partial charge on any atom is 0.253 e. The summed E-state index contributed by atoms with van der Waals surface area (Å²) in [5.41, 5.74) is 7.81. The van der Waals surface area contributed by atoms with E-state index in [1.165, 1.54) is 9.75 Å². The summed E-state index contributed by atoms with van der Waals surface area (Å²) in [5.74, 6) is -0.185. The first kappa shape index (κ1) is 14.9. The number of amides is 1. The van der Waals surface area contributed by atoms with E-state index in [-0.39, 0.29) is 11.9 Å². The molecular weight excluding hydrogens is 292 g/mol. The first-order valence-electron chi connectivity index (χ1n) is 6.31. The van der Waals surface area contributed by atoms with Crippen LogP contribution in [0.2, 0.25) is 5.02 Å². The molecule has 20 heavy (non-hydrogen) atoms. The molecule has 2 rings (SSSR count). The largest absolute Gasteiger partial charge is 0.398 e. The summed E-state index contributed by atoms with van der Waals surface area (Å²) in [5, 5.41) is 3.50. The highest BCUT2D eigenvalue weighted by atomic mass is 35.5. The normalized spacial score (nSPS) is 12.2. The molecule has 0 bridgehead atoms. The van der Waals surface area contributed by atoms with Crippen molar-refractivity contribution in [1.82, 2.24) is 5.32 Å². The number of aryl methyl sites for hydroxylation is 2. The molecule has 1 atom stereocenters. The van der Waals surface area contributed by atoms with Gasteiger partial charge in [0.05, 0.1) is 11.6 Å². The minimum atomic E-state index is -0.185. The van der Waals surface area contributed by atoms with E-state index in [4.69, 9.17) is 17.3 Å². The van der Waals surface area contributed by atoms with Crippen LogP contribution in [0.15, 0.2) is 24.3 Å². The lowest BCUT2D eigenvalue weighted by Crippen LogP contribution is -2.27. The van der Waals surface area contributed by atoms with Gasteiger partial charge in [0, 0.05) is 20.5 Å². The van der Waals surface area contributed by atoms with E-state index >= 15 is 0 Å². The first-order valence-corrected chi connectivity index (χ1v) is 7.50. The van der Waals surface area contributed by atoms with Crippen molar-refractivity contribution in [2.75, 3.05) is 5.73 Å². The zero-order valence-electron chi connectivity index (χ0n) is 11.7. The van der Waals surface area contributed by atoms with Crippen molar-refractivity contribution < 1.29 is 4.79 Å². The number of carbonyl (C=O) groups excluding carboxylic acids is 1. The molecule has 0 aliphatic rings. The molecule has 1 aromatic carbocycles. The van der Waals surface area contributed by atoms with Crippen LogP contribution in [-0.2, 0) is 0 Å². The van der Waals surface area contributed by atoms with Crippen LogP contribution < -0.4 is 11.1 Å². The number of nitrogen functional groups attached to an aromatic ring is 1. The van der Waals surface area contributed by atoms with Gasteiger partial charge in [0.25, 0.3) is 5.91 Å². The number of halogens is 1. The van der Waals surface area contributed by atoms with Crippen molar-refractivity contribution in [3.05, 3.63) is 50.2 Å². The van der Waals surface area contributed by atoms with Crippen LogP contribution >= 0.6 is 22.9 Å². The lowest BCUT2D eigenvalue weighted by molar-refractivity contribution is 0.0941. The molecule has 0 aliphatic carbocycles. The molecule has 0 saturated carbocycles. The third-order valence-electron chi connectivity index (χ3n) is 3.15. The van der Waals surface area contributed by atoms with Crippen molar-refractivity contribution in [2.24, 2.45) is 0 Å². The SMILES string of the molecule is Cc1cc(C(C)NC(=O)c2ccc(Cl)cc2N)c(C)s1. The van der Waals surface area contributed by atoms with E-state index in [1.54, 1.807) is 29.5 Å². The number of thiophene rings is 1. The van der Waals surface area contributed by atoms with Crippen LogP contribution in [0, 0.1) is 13.8 Å². The number of anilines is 1. The molecule has 2 aromatic rings. The molecule has 0 saturated heterocycles. The molecule has 0 radical (unpaired) electrons. The molecule has 106 valence electrons. The van der Waals surface area contributed by atoms with E-state index < -0.39 is 0 Å². The average Bonchev–Trinajstić information content (AvgIpc) is 2.68. The summed E-state index contributed by atoms with van der Waals surface area (Å²) in [6.07, 6.45) is 0. The Morgan fingerprint density at radius 3 is 2.60 bits per heavy atom. The van der Waals surface area contributed by atoms with E-state index in [0.717, 1.165) is 5.56 Å². The molecule has 5 heteroatoms. The van der Waals surface area contributed by atoms with Crippen LogP contribution in [0.25, 0.3) is 0 Å². The fraction of sp³-hybridized carbons (Fsp3) is 0.267. The topological polar surface area (TPSA) is 55.1 Å². The fourth-order valence-electron chi connectivity index (χ4n) is 2.17. The van der Waals surface area contributed by atoms with Crippen molar-refractivity contribution in [1.29, 1.82) is 0 Å². The average molecular weight is 309 g/mol. The molecule has 3 nitrogen and oxygen atoms in total. The molecular formula is C15H17ClN2OS. The van der Waals surface area contributed by atoms with Crippen LogP contribution in [-0.4, -0.2) is 5.91 Å². The van der Waals surface area contributed by atoms with Crippen molar-refractivity contribution in [2.45, 2.75) is 26.8 Å². The van der Waals surface area contributed by atoms with Gasteiger partial charge in [-0.2, -0.15) is 0 Å². The van der Waals surface area contributed by atoms with Gasteiger partial charge in [-0.3, -0.25) is 4.79 Å². The molecule has 1 heterocycles. The Labute approximate surface area is 127 Å². The summed E-state index contributed by atoms with van der Waals surface area (Å²) in [6.45, 7) is 6.09. The predicted molar refractivity (Wildman–Crippen MR) is 85.5 cm³/mol. The van der Waals surface area contributed by atoms with Gasteiger partial charge in [-0.25, -0.2) is 0 Å². The fourth-order valence-corrected chi connectivity index (χ4v) is 3.38. The van der Waals surface area contributed by atoms with Crippen molar-refractivity contribution in [3.63, 3.8) is 0 Å². The zero-order valence-corrected chi connectivity index (χ0v) is 13.2. The standard InChI is InChI=1S/C15H17ClN2OS/c1-8-6-13(10(3)20-8)9(2)18-15(19)12-5-4-11(16)7-14(12)17/h4-7,9H,17H2,1-3H3,(H,18,19). The lowest BCUT2D eigenvalue weighted by atomic mass is 10.1. The quantitative estimate of drug-likeness (QED) is 0.839. The highest BCUT2D eigenvalue weighted by Crippen LogP contribution is 2.27. The van der Waals surface area contributed by atoms with Crippen molar-refractivity contribution in [3.8, 4) is 0 Å². The van der Waals surface area contributed by atoms with Gasteiger partial charge in [0.15, 0.2) is 0 Å². The highest BCUT2D eigenvalue weighted by Gasteiger charge is 2.16. The van der Waals surface area contributed by atoms with Gasteiger partial charge in [-0.05, 0) is 50.6 Å². The van der Waals surface area contributed by atoms with Crippen LogP contribution in [0.3, 0.4) is 0 Å². The van der Waals surface area contributed by atoms with Crippen molar-refractivity contribution >= 4 is 34.5 Å². The molecule has 1 unspecified atom stereocenters. The van der Waals surface area contributed by atoms with Gasteiger partial charge < -0.3 is 11.1 Å². The Morgan fingerprint density at radius 1 is 1.35 bits per heavy atom. The van der Waals surface area contributed by atoms with E-state index in [0.29, 0.717) is 16.3 Å². The van der Waals surface area contributed by atoms with Gasteiger partial charge in [0.1, 0.15) is 0 Å². The van der Waals surface area contributed by atoms with Crippen LogP contribution in [0.1, 0.15) is 38.6 Å². The molecule has 0 spiro atoms. The van der Waals surface area contributed by atoms with E-state index in [1.807, 2.05) is 6.92 Å². The number of carbonyl (C=O) groups is 1. The maximum absolute atomic E-state index is 12.2. The molecule has 0 fully saturated rings. The summed E-state index contributed by atoms with van der Waals surface area (Å²) < 4.78 is 0. The first-order chi connectivity index (χ1) is 9.38. The predicted octanol–water partition coefficient (Wildman–Crippen LogP) is 4.09. The summed E-state index contributed by atoms with van der Waals surface area (Å²) in [6, 6.07) is 6.95. The second-order valence-electron chi connectivity index (χ2n) is 4.80. The summed E-state index contributed by atoms with van der Waals surface area (Å²) >= 11 is 7.57. The third-order valence-corrected chi connectivity index (χ3v) is 4.37. The number of hydrogen-bond acceptors (Lipinski definition) is 3. The van der Waals surface area contributed by atoms with Gasteiger partial charge in [0.2, 0.25) is 0 Å². The lowest BCUT2D eigenvalue weighted by Gasteiger charge is -2.15. The minimum absolute atomic E-state index is 0.0532. The molecule has 3 N–H and O–H groups in total. The van der Waals surface area contributed by atoms with Crippen LogP contribution in [0.5, 0.6) is 0 Å². The van der Waals surface area contributed by atoms with Gasteiger partial charge in [-0.15, -0.1) is 11.3 Å². The second kappa shape index (κ2) is 5.85. The number of rotatable bonds is 3. The zero-order chi connectivity index (χ0) is 14.9. The Morgan fingerprint density at radius 2 is 2.05 bits per heavy atom. The Balaban J connectivity index is 2.17. The summed E-state index contributed by atoms with van der Waals surface area (Å²) in [7, 11) is 0. The monoisotopic (exact) mass is 308 g/mol. The number of nitrogens with one attached hydrogen (secondary N) is 1. The Kier molecular flexibility index (Phi) is 4.35. The summed E-state index contributed by atoms with van der Waals surface area (Å²) in [4.78, 5) is 14.7. The minimum Gasteiger partial charge on any atom is -0.398 e. The maximum atomic E-state index is 12.2. The number of benzene rings is 1. The Bertz CT molecular complexity index is 651. The third kappa shape index (κ3) is 3.14. The van der Waals surface area contributed by atoms with E-state index in [9.17, 15) is 4.79 Å². The molecule has 1 aromatic heterocycles. The highest BCUT2D eigenvalue weighted by molar-refractivity contribution is 7.12. The van der Waals surface area contributed by atoms with E-state index in [2.05, 4.69) is 25.2 Å². The Hall–Kier alpha value is -1.52. The molecule has 1 amide bonds.